The van der Waals surface area contributed by atoms with E-state index in [1.807, 2.05) is 6.07 Å². The summed E-state index contributed by atoms with van der Waals surface area (Å²) in [4.78, 5) is 5.85. The van der Waals surface area contributed by atoms with Gasteiger partial charge in [0.05, 0.1) is 0 Å². The smallest absolute Gasteiger partial charge is 0.125 e. The molecule has 0 amide bonds. The van der Waals surface area contributed by atoms with E-state index in [1.54, 1.807) is 12.1 Å². The summed E-state index contributed by atoms with van der Waals surface area (Å²) in [5, 5.41) is 1.23. The molecule has 1 fully saturated rings. The van der Waals surface area contributed by atoms with Crippen LogP contribution in [0, 0.1) is 11.7 Å². The molecule has 1 aliphatic heterocycles. The van der Waals surface area contributed by atoms with Crippen molar-refractivity contribution in [1.29, 1.82) is 0 Å². The number of halogens is 1. The van der Waals surface area contributed by atoms with Gasteiger partial charge in [-0.25, -0.2) is 4.39 Å². The van der Waals surface area contributed by atoms with Gasteiger partial charge in [-0.05, 0) is 49.6 Å². The molecule has 18 heavy (non-hydrogen) atoms. The fourth-order valence-corrected chi connectivity index (χ4v) is 3.90. The molecule has 1 saturated heterocycles. The first-order chi connectivity index (χ1) is 8.72. The van der Waals surface area contributed by atoms with Crippen LogP contribution in [-0.4, -0.2) is 30.0 Å². The number of hydrogen-bond donors (Lipinski definition) is 1. The van der Waals surface area contributed by atoms with Crippen molar-refractivity contribution in [3.8, 4) is 0 Å². The van der Waals surface area contributed by atoms with Crippen LogP contribution in [0.1, 0.15) is 23.6 Å². The highest BCUT2D eigenvalue weighted by molar-refractivity contribution is 5.85. The number of aromatic nitrogens is 1. The molecule has 4 rings (SSSR count). The zero-order valence-corrected chi connectivity index (χ0v) is 10.5. The average Bonchev–Trinajstić information content (AvgIpc) is 2.86. The standard InChI is InChI=1S/C15H17FN2/c1-18-7-9-2-5-13-15(12(9)8-18)11-4-3-10(16)6-14(11)17-13/h3-4,6,9,12,17H,2,5,7-8H2,1H3. The van der Waals surface area contributed by atoms with Gasteiger partial charge in [0.1, 0.15) is 5.82 Å². The SMILES string of the molecule is CN1CC2CCc3[nH]c4cc(F)ccc4c3C2C1. The Kier molecular flexibility index (Phi) is 2.10. The molecule has 0 spiro atoms. The maximum Gasteiger partial charge on any atom is 0.125 e. The molecule has 1 aromatic carbocycles. The normalized spacial score (nSPS) is 27.4. The number of H-pyrrole nitrogens is 1. The van der Waals surface area contributed by atoms with Crippen molar-refractivity contribution in [1.82, 2.24) is 9.88 Å². The lowest BCUT2D eigenvalue weighted by Crippen LogP contribution is -2.18. The average molecular weight is 244 g/mol. The Balaban J connectivity index is 1.93. The topological polar surface area (TPSA) is 19.0 Å². The Hall–Kier alpha value is -1.35. The Morgan fingerprint density at radius 1 is 1.33 bits per heavy atom. The summed E-state index contributed by atoms with van der Waals surface area (Å²) in [6.07, 6.45) is 2.37. The quantitative estimate of drug-likeness (QED) is 0.755. The lowest BCUT2D eigenvalue weighted by molar-refractivity contribution is 0.386. The first-order valence-corrected chi connectivity index (χ1v) is 6.71. The third kappa shape index (κ3) is 1.37. The van der Waals surface area contributed by atoms with E-state index in [1.165, 1.54) is 29.6 Å². The molecule has 2 nitrogen and oxygen atoms in total. The van der Waals surface area contributed by atoms with Gasteiger partial charge in [0.15, 0.2) is 0 Å². The van der Waals surface area contributed by atoms with Crippen molar-refractivity contribution in [3.63, 3.8) is 0 Å². The van der Waals surface area contributed by atoms with Crippen molar-refractivity contribution in [2.75, 3.05) is 20.1 Å². The Bertz CT molecular complexity index is 616. The van der Waals surface area contributed by atoms with Crippen molar-refractivity contribution in [2.45, 2.75) is 18.8 Å². The van der Waals surface area contributed by atoms with E-state index < -0.39 is 0 Å². The van der Waals surface area contributed by atoms with Gasteiger partial charge in [0.25, 0.3) is 0 Å². The number of fused-ring (bicyclic) bond motifs is 5. The van der Waals surface area contributed by atoms with Crippen LogP contribution in [0.2, 0.25) is 0 Å². The summed E-state index contributed by atoms with van der Waals surface area (Å²) in [6.45, 7) is 2.35. The summed E-state index contributed by atoms with van der Waals surface area (Å²) >= 11 is 0. The van der Waals surface area contributed by atoms with Crippen LogP contribution >= 0.6 is 0 Å². The van der Waals surface area contributed by atoms with E-state index in [2.05, 4.69) is 16.9 Å². The van der Waals surface area contributed by atoms with Gasteiger partial charge < -0.3 is 9.88 Å². The summed E-state index contributed by atoms with van der Waals surface area (Å²) in [7, 11) is 2.20. The largest absolute Gasteiger partial charge is 0.358 e. The van der Waals surface area contributed by atoms with E-state index in [4.69, 9.17) is 0 Å². The molecule has 0 radical (unpaired) electrons. The lowest BCUT2D eigenvalue weighted by Gasteiger charge is -2.24. The number of nitrogens with one attached hydrogen (secondary N) is 1. The van der Waals surface area contributed by atoms with Crippen LogP contribution < -0.4 is 0 Å². The van der Waals surface area contributed by atoms with Gasteiger partial charge in [-0.2, -0.15) is 0 Å². The summed E-state index contributed by atoms with van der Waals surface area (Å²) in [5.41, 5.74) is 3.77. The minimum Gasteiger partial charge on any atom is -0.358 e. The van der Waals surface area contributed by atoms with Crippen LogP contribution in [0.5, 0.6) is 0 Å². The van der Waals surface area contributed by atoms with Crippen LogP contribution in [-0.2, 0) is 6.42 Å². The van der Waals surface area contributed by atoms with Crippen molar-refractivity contribution >= 4 is 10.9 Å². The maximum absolute atomic E-state index is 13.3. The highest BCUT2D eigenvalue weighted by Gasteiger charge is 2.37. The minimum absolute atomic E-state index is 0.152. The molecule has 2 aliphatic rings. The third-order valence-corrected chi connectivity index (χ3v) is 4.64. The Morgan fingerprint density at radius 2 is 2.22 bits per heavy atom. The zero-order valence-electron chi connectivity index (χ0n) is 10.5. The van der Waals surface area contributed by atoms with Gasteiger partial charge >= 0.3 is 0 Å². The van der Waals surface area contributed by atoms with Crippen LogP contribution in [0.25, 0.3) is 10.9 Å². The van der Waals surface area contributed by atoms with Crippen molar-refractivity contribution in [2.24, 2.45) is 5.92 Å². The number of benzene rings is 1. The van der Waals surface area contributed by atoms with Crippen molar-refractivity contribution < 1.29 is 4.39 Å². The monoisotopic (exact) mass is 244 g/mol. The summed E-state index contributed by atoms with van der Waals surface area (Å²) in [5.74, 6) is 1.27. The number of hydrogen-bond acceptors (Lipinski definition) is 1. The van der Waals surface area contributed by atoms with Gasteiger partial charge in [0.2, 0.25) is 0 Å². The third-order valence-electron chi connectivity index (χ3n) is 4.64. The van der Waals surface area contributed by atoms with Crippen molar-refractivity contribution in [3.05, 3.63) is 35.3 Å². The fraction of sp³-hybridized carbons (Fsp3) is 0.467. The second kappa shape index (κ2) is 3.58. The highest BCUT2D eigenvalue weighted by Crippen LogP contribution is 2.44. The molecule has 2 atom stereocenters. The van der Waals surface area contributed by atoms with Crippen LogP contribution in [0.3, 0.4) is 0 Å². The molecule has 0 saturated carbocycles. The zero-order chi connectivity index (χ0) is 12.3. The predicted octanol–water partition coefficient (Wildman–Crippen LogP) is 2.90. The second-order valence-corrected chi connectivity index (χ2v) is 5.83. The molecule has 2 unspecified atom stereocenters. The number of likely N-dealkylation sites (tertiary alicyclic amines) is 1. The predicted molar refractivity (Wildman–Crippen MR) is 70.3 cm³/mol. The summed E-state index contributed by atoms with van der Waals surface area (Å²) in [6, 6.07) is 5.15. The van der Waals surface area contributed by atoms with E-state index in [0.717, 1.165) is 24.4 Å². The lowest BCUT2D eigenvalue weighted by atomic mass is 9.79. The van der Waals surface area contributed by atoms with E-state index >= 15 is 0 Å². The Labute approximate surface area is 106 Å². The number of likely N-dealkylation sites (N-methyl/N-ethyl adjacent to an activating group) is 1. The number of aromatic amines is 1. The highest BCUT2D eigenvalue weighted by atomic mass is 19.1. The molecular formula is C15H17FN2. The maximum atomic E-state index is 13.3. The van der Waals surface area contributed by atoms with E-state index in [0.29, 0.717) is 5.92 Å². The number of rotatable bonds is 0. The molecule has 2 heterocycles. The molecule has 1 aliphatic carbocycles. The van der Waals surface area contributed by atoms with Gasteiger partial charge in [-0.1, -0.05) is 0 Å². The Morgan fingerprint density at radius 3 is 3.11 bits per heavy atom. The van der Waals surface area contributed by atoms with Gasteiger partial charge in [0, 0.05) is 35.6 Å². The molecule has 2 aromatic rings. The first-order valence-electron chi connectivity index (χ1n) is 6.71. The molecule has 1 aromatic heterocycles. The van der Waals surface area contributed by atoms with Gasteiger partial charge in [-0.3, -0.25) is 0 Å². The molecule has 94 valence electrons. The number of aryl methyl sites for hydroxylation is 1. The number of nitrogens with zero attached hydrogens (tertiary/aromatic N) is 1. The molecule has 1 N–H and O–H groups in total. The fourth-order valence-electron chi connectivity index (χ4n) is 3.90. The molecule has 3 heteroatoms. The van der Waals surface area contributed by atoms with E-state index in [-0.39, 0.29) is 5.82 Å². The molecule has 0 bridgehead atoms. The second-order valence-electron chi connectivity index (χ2n) is 5.83. The van der Waals surface area contributed by atoms with Crippen LogP contribution in [0.4, 0.5) is 4.39 Å². The summed E-state index contributed by atoms with van der Waals surface area (Å²) < 4.78 is 13.3. The van der Waals surface area contributed by atoms with Gasteiger partial charge in [-0.15, -0.1) is 0 Å². The first kappa shape index (κ1) is 10.6. The minimum atomic E-state index is -0.152. The van der Waals surface area contributed by atoms with E-state index in [9.17, 15) is 4.39 Å². The van der Waals surface area contributed by atoms with Crippen LogP contribution in [0.15, 0.2) is 18.2 Å². The molecular weight excluding hydrogens is 227 g/mol.